The average Bonchev–Trinajstić information content (AvgIpc) is 2.80. The smallest absolute Gasteiger partial charge is 0.417 e. The molecule has 2 atom stereocenters. The van der Waals surface area contributed by atoms with E-state index in [0.29, 0.717) is 6.42 Å². The molecule has 0 radical (unpaired) electrons. The Morgan fingerprint density at radius 1 is 1.11 bits per heavy atom. The predicted octanol–water partition coefficient (Wildman–Crippen LogP) is 5.16. The second-order valence-corrected chi connectivity index (χ2v) is 14.9. The van der Waals surface area contributed by atoms with Gasteiger partial charge in [0.1, 0.15) is 5.60 Å². The highest BCUT2D eigenvalue weighted by Gasteiger charge is 2.49. The first-order valence-corrected chi connectivity index (χ1v) is 12.9. The third-order valence-corrected chi connectivity index (χ3v) is 10.0. The summed E-state index contributed by atoms with van der Waals surface area (Å²) in [6, 6.07) is 9.55. The number of rotatable bonds is 4. The molecule has 5 nitrogen and oxygen atoms in total. The lowest BCUT2D eigenvalue weighted by Gasteiger charge is -2.40. The Kier molecular flexibility index (Phi) is 6.46. The molecule has 0 unspecified atom stereocenters. The highest BCUT2D eigenvalue weighted by Crippen LogP contribution is 2.40. The van der Waals surface area contributed by atoms with Gasteiger partial charge in [0, 0.05) is 0 Å². The molecule has 28 heavy (non-hydrogen) atoms. The number of hydrogen-bond acceptors (Lipinski definition) is 4. The lowest BCUT2D eigenvalue weighted by molar-refractivity contribution is -0.128. The van der Waals surface area contributed by atoms with Crippen molar-refractivity contribution in [2.45, 2.75) is 90.3 Å². The highest BCUT2D eigenvalue weighted by molar-refractivity contribution is 6.74. The van der Waals surface area contributed by atoms with E-state index in [-0.39, 0.29) is 29.5 Å². The summed E-state index contributed by atoms with van der Waals surface area (Å²) in [6.07, 6.45) is -0.130. The number of imide groups is 1. The second kappa shape index (κ2) is 7.99. The van der Waals surface area contributed by atoms with Crippen molar-refractivity contribution in [2.75, 3.05) is 0 Å². The summed E-state index contributed by atoms with van der Waals surface area (Å²) in [5.74, 6) is -0.223. The Morgan fingerprint density at radius 3 is 2.18 bits per heavy atom. The van der Waals surface area contributed by atoms with Gasteiger partial charge in [-0.2, -0.15) is 0 Å². The summed E-state index contributed by atoms with van der Waals surface area (Å²) in [5, 5.41) is 0.0205. The zero-order chi connectivity index (χ0) is 21.3. The van der Waals surface area contributed by atoms with E-state index in [1.165, 1.54) is 4.90 Å². The highest BCUT2D eigenvalue weighted by atomic mass is 28.4. The second-order valence-electron chi connectivity index (χ2n) is 10.1. The number of nitrogens with zero attached hydrogens (tertiary/aromatic N) is 1. The molecule has 2 rings (SSSR count). The average molecular weight is 406 g/mol. The summed E-state index contributed by atoms with van der Waals surface area (Å²) >= 11 is 0. The van der Waals surface area contributed by atoms with Crippen LogP contribution in [0.3, 0.4) is 0 Å². The molecule has 1 saturated heterocycles. The lowest BCUT2D eigenvalue weighted by atomic mass is 10.0. The number of likely N-dealkylation sites (tertiary alicyclic amines) is 1. The molecule has 1 aliphatic rings. The zero-order valence-corrected chi connectivity index (χ0v) is 19.5. The van der Waals surface area contributed by atoms with Crippen molar-refractivity contribution in [3.63, 3.8) is 0 Å². The van der Waals surface area contributed by atoms with E-state index >= 15 is 0 Å². The molecule has 0 saturated carbocycles. The number of carbonyl (C=O) groups is 2. The van der Waals surface area contributed by atoms with E-state index in [4.69, 9.17) is 9.16 Å². The minimum absolute atomic E-state index is 0.0205. The summed E-state index contributed by atoms with van der Waals surface area (Å²) in [6.45, 7) is 16.3. The van der Waals surface area contributed by atoms with Crippen LogP contribution in [0.1, 0.15) is 53.5 Å². The molecule has 2 amide bonds. The van der Waals surface area contributed by atoms with Crippen LogP contribution in [0.25, 0.3) is 0 Å². The van der Waals surface area contributed by atoms with Gasteiger partial charge in [-0.3, -0.25) is 4.79 Å². The molecule has 0 bridgehead atoms. The van der Waals surface area contributed by atoms with E-state index in [1.807, 2.05) is 30.3 Å². The first-order valence-electron chi connectivity index (χ1n) is 9.98. The number of amides is 2. The molecule has 1 aromatic carbocycles. The SMILES string of the molecule is CC(C)(C)OC(=O)N1C(=O)C[C@H](O[Si](C)(C)C(C)(C)C)[C@@H]1Cc1ccccc1. The van der Waals surface area contributed by atoms with Crippen LogP contribution in [0.15, 0.2) is 30.3 Å². The van der Waals surface area contributed by atoms with Crippen LogP contribution >= 0.6 is 0 Å². The van der Waals surface area contributed by atoms with Crippen LogP contribution in [0.4, 0.5) is 4.79 Å². The van der Waals surface area contributed by atoms with Crippen molar-refractivity contribution < 1.29 is 18.8 Å². The fourth-order valence-electron chi connectivity index (χ4n) is 3.06. The summed E-state index contributed by atoms with van der Waals surface area (Å²) < 4.78 is 12.1. The zero-order valence-electron chi connectivity index (χ0n) is 18.5. The van der Waals surface area contributed by atoms with Crippen LogP contribution in [0.2, 0.25) is 18.1 Å². The Hall–Kier alpha value is -1.66. The molecule has 6 heteroatoms. The van der Waals surface area contributed by atoms with Crippen molar-refractivity contribution in [1.82, 2.24) is 4.90 Å². The van der Waals surface area contributed by atoms with Gasteiger partial charge >= 0.3 is 6.09 Å². The topological polar surface area (TPSA) is 55.8 Å². The normalized spacial score (nSPS) is 21.1. The number of benzene rings is 1. The summed E-state index contributed by atoms with van der Waals surface area (Å²) in [5.41, 5.74) is 0.409. The van der Waals surface area contributed by atoms with Gasteiger partial charge in [0.2, 0.25) is 5.91 Å². The van der Waals surface area contributed by atoms with Gasteiger partial charge < -0.3 is 9.16 Å². The maximum absolute atomic E-state index is 12.8. The molecule has 0 N–H and O–H groups in total. The van der Waals surface area contributed by atoms with Crippen LogP contribution < -0.4 is 0 Å². The number of ether oxygens (including phenoxy) is 1. The van der Waals surface area contributed by atoms with Crippen molar-refractivity contribution in [3.8, 4) is 0 Å². The third-order valence-electron chi connectivity index (χ3n) is 5.54. The lowest BCUT2D eigenvalue weighted by Crippen LogP contribution is -2.50. The molecule has 156 valence electrons. The quantitative estimate of drug-likeness (QED) is 0.650. The Bertz CT molecular complexity index is 703. The monoisotopic (exact) mass is 405 g/mol. The van der Waals surface area contributed by atoms with Crippen molar-refractivity contribution in [1.29, 1.82) is 0 Å². The molecule has 0 aliphatic carbocycles. The van der Waals surface area contributed by atoms with Gasteiger partial charge in [-0.15, -0.1) is 0 Å². The van der Waals surface area contributed by atoms with E-state index in [9.17, 15) is 9.59 Å². The largest absolute Gasteiger partial charge is 0.443 e. The maximum Gasteiger partial charge on any atom is 0.417 e. The van der Waals surface area contributed by atoms with E-state index < -0.39 is 20.0 Å². The molecule has 1 fully saturated rings. The van der Waals surface area contributed by atoms with Gasteiger partial charge in [-0.05, 0) is 50.9 Å². The van der Waals surface area contributed by atoms with Gasteiger partial charge in [0.05, 0.1) is 18.6 Å². The first-order chi connectivity index (χ1) is 12.7. The van der Waals surface area contributed by atoms with Crippen molar-refractivity contribution >= 4 is 20.3 Å². The molecule has 1 heterocycles. The van der Waals surface area contributed by atoms with Crippen molar-refractivity contribution in [2.24, 2.45) is 0 Å². The Balaban J connectivity index is 2.33. The molecular formula is C22H35NO4Si. The Labute approximate surface area is 170 Å². The Morgan fingerprint density at radius 2 is 1.68 bits per heavy atom. The number of carbonyl (C=O) groups excluding carboxylic acids is 2. The van der Waals surface area contributed by atoms with Crippen LogP contribution in [-0.4, -0.2) is 43.0 Å². The third kappa shape index (κ3) is 5.45. The molecule has 0 spiro atoms. The fourth-order valence-corrected chi connectivity index (χ4v) is 4.41. The van der Waals surface area contributed by atoms with Crippen LogP contribution in [-0.2, 0) is 20.4 Å². The standard InChI is InChI=1S/C22H35NO4Si/c1-21(2,3)26-20(25)23-17(14-16-12-10-9-11-13-16)18(15-19(23)24)27-28(7,8)22(4,5)6/h9-13,17-18H,14-15H2,1-8H3/t17-,18-/m0/s1. The van der Waals surface area contributed by atoms with E-state index in [2.05, 4.69) is 33.9 Å². The van der Waals surface area contributed by atoms with Gasteiger partial charge in [-0.25, -0.2) is 9.69 Å². The molecule has 0 aromatic heterocycles. The maximum atomic E-state index is 12.8. The predicted molar refractivity (Wildman–Crippen MR) is 114 cm³/mol. The van der Waals surface area contributed by atoms with Gasteiger partial charge in [0.25, 0.3) is 0 Å². The van der Waals surface area contributed by atoms with E-state index in [1.54, 1.807) is 20.8 Å². The van der Waals surface area contributed by atoms with Gasteiger partial charge in [-0.1, -0.05) is 51.1 Å². The summed E-state index contributed by atoms with van der Waals surface area (Å²) in [7, 11) is -2.10. The summed E-state index contributed by atoms with van der Waals surface area (Å²) in [4.78, 5) is 26.9. The number of hydrogen-bond donors (Lipinski definition) is 0. The molecule has 1 aliphatic heterocycles. The molecular weight excluding hydrogens is 370 g/mol. The van der Waals surface area contributed by atoms with Crippen LogP contribution in [0, 0.1) is 0 Å². The fraction of sp³-hybridized carbons (Fsp3) is 0.636. The van der Waals surface area contributed by atoms with Gasteiger partial charge in [0.15, 0.2) is 8.32 Å². The van der Waals surface area contributed by atoms with Crippen molar-refractivity contribution in [3.05, 3.63) is 35.9 Å². The minimum atomic E-state index is -2.10. The first kappa shape index (κ1) is 22.6. The molecule has 1 aromatic rings. The van der Waals surface area contributed by atoms with E-state index in [0.717, 1.165) is 5.56 Å². The van der Waals surface area contributed by atoms with Crippen LogP contribution in [0.5, 0.6) is 0 Å². The minimum Gasteiger partial charge on any atom is -0.443 e.